The van der Waals surface area contributed by atoms with E-state index in [0.29, 0.717) is 13.1 Å². The first-order valence-corrected chi connectivity index (χ1v) is 21.2. The zero-order valence-electron chi connectivity index (χ0n) is 33.5. The predicted molar refractivity (Wildman–Crippen MR) is 216 cm³/mol. The Morgan fingerprint density at radius 1 is 0.741 bits per heavy atom. The zero-order chi connectivity index (χ0) is 40.0. The Kier molecular flexibility index (Phi) is 10.1. The van der Waals surface area contributed by atoms with Gasteiger partial charge in [-0.15, -0.1) is 0 Å². The fourth-order valence-electron chi connectivity index (χ4n) is 10.3. The maximum absolute atomic E-state index is 14.1. The third kappa shape index (κ3) is 7.06. The van der Waals surface area contributed by atoms with Crippen LogP contribution in [-0.4, -0.2) is 79.8 Å². The lowest BCUT2D eigenvalue weighted by Gasteiger charge is -2.53. The topological polar surface area (TPSA) is 165 Å². The van der Waals surface area contributed by atoms with E-state index >= 15 is 0 Å². The lowest BCUT2D eigenvalue weighted by atomic mass is 9.51. The van der Waals surface area contributed by atoms with Gasteiger partial charge in [0.25, 0.3) is 0 Å². The van der Waals surface area contributed by atoms with Gasteiger partial charge in [-0.3, -0.25) is 14.4 Å². The van der Waals surface area contributed by atoms with E-state index in [1.165, 1.54) is 18.4 Å². The Morgan fingerprint density at radius 2 is 1.34 bits per heavy atom. The zero-order valence-corrected chi connectivity index (χ0v) is 33.5. The number of likely N-dealkylation sites (tertiary alicyclic amines) is 2. The van der Waals surface area contributed by atoms with Crippen molar-refractivity contribution >= 4 is 23.8 Å². The van der Waals surface area contributed by atoms with Crippen LogP contribution < -0.4 is 10.6 Å². The Labute approximate surface area is 339 Å². The van der Waals surface area contributed by atoms with Crippen molar-refractivity contribution in [3.05, 3.63) is 95.5 Å². The Hall–Kier alpha value is -5.46. The Bertz CT molecular complexity index is 2130. The lowest BCUT2D eigenvalue weighted by molar-refractivity contribution is -0.138. The number of nitrogens with zero attached hydrogens (tertiary/aromatic N) is 4. The molecule has 4 N–H and O–H groups in total. The first-order chi connectivity index (χ1) is 28.2. The molecule has 13 nitrogen and oxygen atoms in total. The fraction of sp³-hybridized carbons (Fsp3) is 0.511. The van der Waals surface area contributed by atoms with Crippen LogP contribution in [0.1, 0.15) is 131 Å². The molecule has 4 saturated carbocycles. The van der Waals surface area contributed by atoms with Crippen molar-refractivity contribution in [2.45, 2.75) is 119 Å². The van der Waals surface area contributed by atoms with Crippen molar-refractivity contribution in [3.8, 4) is 11.3 Å². The molecule has 4 aliphatic carbocycles. The first kappa shape index (κ1) is 38.1. The molecule has 2 saturated heterocycles. The highest BCUT2D eigenvalue weighted by Crippen LogP contribution is 2.58. The number of nitrogens with one attached hydrogen (secondary N) is 4. The van der Waals surface area contributed by atoms with Crippen LogP contribution in [-0.2, 0) is 30.0 Å². The van der Waals surface area contributed by atoms with Gasteiger partial charge in [0.2, 0.25) is 17.7 Å². The molecule has 4 amide bonds. The second kappa shape index (κ2) is 15.4. The molecule has 2 aromatic carbocycles. The number of H-pyrrole nitrogens is 2. The minimum absolute atomic E-state index is 0.0109. The number of aromatic amines is 2. The molecule has 4 atom stereocenters. The van der Waals surface area contributed by atoms with Crippen LogP contribution in [0.25, 0.3) is 11.3 Å². The van der Waals surface area contributed by atoms with Crippen molar-refractivity contribution in [1.29, 1.82) is 0 Å². The molecule has 0 unspecified atom stereocenters. The molecular formula is C45H54N8O5. The maximum Gasteiger partial charge on any atom is 0.407 e. The van der Waals surface area contributed by atoms with E-state index in [9.17, 15) is 19.2 Å². The number of aromatic nitrogens is 4. The largest absolute Gasteiger partial charge is 0.453 e. The molecule has 2 aliphatic heterocycles. The van der Waals surface area contributed by atoms with Gasteiger partial charge in [-0.1, -0.05) is 54.6 Å². The molecule has 0 spiro atoms. The summed E-state index contributed by atoms with van der Waals surface area (Å²) in [5, 5.41) is 5.67. The van der Waals surface area contributed by atoms with Crippen LogP contribution in [0.2, 0.25) is 0 Å². The van der Waals surface area contributed by atoms with Gasteiger partial charge in [-0.25, -0.2) is 14.8 Å². The van der Waals surface area contributed by atoms with E-state index in [2.05, 4.69) is 44.9 Å². The van der Waals surface area contributed by atoms with Crippen LogP contribution in [0.3, 0.4) is 0 Å². The number of hydrogen-bond acceptors (Lipinski definition) is 7. The first-order valence-electron chi connectivity index (χ1n) is 21.2. The van der Waals surface area contributed by atoms with Crippen LogP contribution in [0.4, 0.5) is 4.79 Å². The van der Waals surface area contributed by atoms with E-state index in [1.807, 2.05) is 52.5 Å². The van der Waals surface area contributed by atoms with E-state index in [1.54, 1.807) is 6.92 Å². The summed E-state index contributed by atoms with van der Waals surface area (Å²) in [6.07, 6.45) is 15.0. The normalized spacial score (nSPS) is 26.3. The van der Waals surface area contributed by atoms with Gasteiger partial charge in [0, 0.05) is 36.3 Å². The van der Waals surface area contributed by atoms with Gasteiger partial charge in [0.15, 0.2) is 0 Å². The van der Waals surface area contributed by atoms with Gasteiger partial charge in [-0.2, -0.15) is 0 Å². The second-order valence-corrected chi connectivity index (χ2v) is 17.4. The number of hydrogen-bond donors (Lipinski definition) is 4. The van der Waals surface area contributed by atoms with Gasteiger partial charge < -0.3 is 35.1 Å². The molecule has 2 bridgehead atoms. The fourth-order valence-corrected chi connectivity index (χ4v) is 10.3. The number of imidazole rings is 2. The summed E-state index contributed by atoms with van der Waals surface area (Å²) in [5.41, 5.74) is 5.57. The third-order valence-electron chi connectivity index (χ3n) is 14.0. The second-order valence-electron chi connectivity index (χ2n) is 17.4. The highest BCUT2D eigenvalue weighted by molar-refractivity contribution is 5.90. The number of amides is 4. The number of rotatable bonds is 11. The summed E-state index contributed by atoms with van der Waals surface area (Å²) < 4.78 is 4.70. The molecule has 13 heteroatoms. The smallest absolute Gasteiger partial charge is 0.407 e. The average molecular weight is 787 g/mol. The highest BCUT2D eigenvalue weighted by atomic mass is 16.5. The van der Waals surface area contributed by atoms with Crippen molar-refractivity contribution in [2.75, 3.05) is 20.2 Å². The van der Waals surface area contributed by atoms with Gasteiger partial charge in [0.1, 0.15) is 23.7 Å². The van der Waals surface area contributed by atoms with Gasteiger partial charge in [0.05, 0.1) is 31.1 Å². The van der Waals surface area contributed by atoms with Gasteiger partial charge in [-0.05, 0) is 106 Å². The number of benzene rings is 2. The molecule has 6 aliphatic rings. The van der Waals surface area contributed by atoms with Crippen LogP contribution in [0, 0.1) is 5.92 Å². The number of carbonyl (C=O) groups excluding carboxylic acids is 4. The molecular weight excluding hydrogens is 733 g/mol. The monoisotopic (exact) mass is 786 g/mol. The minimum atomic E-state index is -0.717. The van der Waals surface area contributed by atoms with Gasteiger partial charge >= 0.3 is 6.09 Å². The van der Waals surface area contributed by atoms with E-state index in [4.69, 9.17) is 14.7 Å². The molecule has 0 radical (unpaired) electrons. The number of methoxy groups -OCH3 is 1. The summed E-state index contributed by atoms with van der Waals surface area (Å²) in [7, 11) is 1.29. The minimum Gasteiger partial charge on any atom is -0.453 e. The number of ether oxygens (including phenoxy) is 1. The Morgan fingerprint density at radius 3 is 1.98 bits per heavy atom. The molecule has 6 fully saturated rings. The number of fused-ring (bicyclic) bond motifs is 3. The van der Waals surface area contributed by atoms with E-state index < -0.39 is 18.2 Å². The molecule has 58 heavy (non-hydrogen) atoms. The summed E-state index contributed by atoms with van der Waals surface area (Å²) in [4.78, 5) is 72.6. The predicted octanol–water partition coefficient (Wildman–Crippen LogP) is 6.68. The summed E-state index contributed by atoms with van der Waals surface area (Å²) in [6.45, 7) is 2.95. The Balaban J connectivity index is 0.846. The van der Waals surface area contributed by atoms with Crippen LogP contribution in [0.5, 0.6) is 0 Å². The number of carbonyl (C=O) groups is 4. The third-order valence-corrected chi connectivity index (χ3v) is 14.0. The molecule has 4 heterocycles. The van der Waals surface area contributed by atoms with E-state index in [-0.39, 0.29) is 46.6 Å². The summed E-state index contributed by atoms with van der Waals surface area (Å²) in [6, 6.07) is 16.8. The quantitative estimate of drug-likeness (QED) is 0.132. The van der Waals surface area contributed by atoms with Crippen LogP contribution >= 0.6 is 0 Å². The van der Waals surface area contributed by atoms with Crippen molar-refractivity contribution in [2.24, 2.45) is 5.92 Å². The standard InChI is InChI=1S/C45H54N8O5/c1-28(48-43(57)58-2)41(55)52-24-6-11-35(52)39-47-27-36(50-39)45-21-18-44(19-22-45,20-23-45)32-16-14-29(15-17-32)33-26-46-38(49-33)34-10-7-25-53(34)42(56)37(30-8-4-3-5-9-30)51-40(54)31-12-13-31/h3-5,8-9,14-17,26-28,31,34-35,37H,6-7,10-13,18-25H2,1-2H3,(H,46,49)(H,47,50)(H,48,57)(H,51,54)/t28-,34+,35+,37-,44?,45?/m1/s1. The average Bonchev–Trinajstić information content (AvgIpc) is 3.72. The van der Waals surface area contributed by atoms with E-state index in [0.717, 1.165) is 106 Å². The van der Waals surface area contributed by atoms with Crippen LogP contribution in [0.15, 0.2) is 67.0 Å². The summed E-state index contributed by atoms with van der Waals surface area (Å²) >= 11 is 0. The maximum atomic E-state index is 14.1. The van der Waals surface area contributed by atoms with Crippen molar-refractivity contribution < 1.29 is 23.9 Å². The highest BCUT2D eigenvalue weighted by Gasteiger charge is 2.51. The number of alkyl carbamates (subject to hydrolysis) is 1. The summed E-state index contributed by atoms with van der Waals surface area (Å²) in [5.74, 6) is 1.37. The molecule has 304 valence electrons. The molecule has 4 aromatic rings. The molecule has 10 rings (SSSR count). The lowest BCUT2D eigenvalue weighted by Crippen LogP contribution is -2.47. The van der Waals surface area contributed by atoms with Crippen molar-refractivity contribution in [3.63, 3.8) is 0 Å². The van der Waals surface area contributed by atoms with Crippen molar-refractivity contribution in [1.82, 2.24) is 40.4 Å². The molecule has 2 aromatic heterocycles. The SMILES string of the molecule is COC(=O)N[C@H](C)C(=O)N1CCC[C@H]1c1ncc(C23CCC(c4ccc(-c5cnc([C@@H]6CCCN6C(=O)[C@H](NC(=O)C6CC6)c6ccccc6)[nH]5)cc4)(CC2)CC3)[nH]1.